The van der Waals surface area contributed by atoms with Crippen molar-refractivity contribution in [2.75, 3.05) is 19.5 Å². The van der Waals surface area contributed by atoms with Gasteiger partial charge in [-0.05, 0) is 44.2 Å². The largest absolute Gasteiger partial charge is 0.466 e. The first kappa shape index (κ1) is 16.6. The highest BCUT2D eigenvalue weighted by Crippen LogP contribution is 2.23. The number of rotatable bonds is 7. The minimum Gasteiger partial charge on any atom is -0.466 e. The van der Waals surface area contributed by atoms with E-state index in [1.807, 2.05) is 18.4 Å². The molecule has 20 heavy (non-hydrogen) atoms. The second-order valence-electron chi connectivity index (χ2n) is 4.06. The van der Waals surface area contributed by atoms with Gasteiger partial charge in [-0.1, -0.05) is 6.07 Å². The molecule has 0 aliphatic heterocycles. The third kappa shape index (κ3) is 4.89. The lowest BCUT2D eigenvalue weighted by molar-refractivity contribution is -0.143. The molecular formula is C15H20O4S. The van der Waals surface area contributed by atoms with Gasteiger partial charge < -0.3 is 9.47 Å². The van der Waals surface area contributed by atoms with E-state index in [2.05, 4.69) is 0 Å². The molecule has 0 saturated heterocycles. The first-order chi connectivity index (χ1) is 9.62. The normalized spacial score (nSPS) is 10.2. The molecule has 0 radical (unpaired) electrons. The number of ether oxygens (including phenoxy) is 2. The Morgan fingerprint density at radius 1 is 1.15 bits per heavy atom. The minimum absolute atomic E-state index is 0.223. The zero-order valence-electron chi connectivity index (χ0n) is 12.1. The van der Waals surface area contributed by atoms with Crippen LogP contribution >= 0.6 is 11.8 Å². The second-order valence-corrected chi connectivity index (χ2v) is 4.91. The van der Waals surface area contributed by atoms with E-state index in [1.165, 1.54) is 11.8 Å². The summed E-state index contributed by atoms with van der Waals surface area (Å²) >= 11 is 1.50. The number of thioether (sulfide) groups is 1. The Labute approximate surface area is 123 Å². The Morgan fingerprint density at radius 3 is 2.45 bits per heavy atom. The van der Waals surface area contributed by atoms with E-state index < -0.39 is 0 Å². The smallest absolute Gasteiger partial charge is 0.339 e. The topological polar surface area (TPSA) is 52.6 Å². The molecule has 4 nitrogen and oxygen atoms in total. The molecular weight excluding hydrogens is 276 g/mol. The Balaban J connectivity index is 2.81. The SMILES string of the molecule is CCOC(=O)CCc1ccc(SC)c(C(=O)OCC)c1. The lowest BCUT2D eigenvalue weighted by Crippen LogP contribution is -2.08. The number of benzene rings is 1. The van der Waals surface area contributed by atoms with Gasteiger partial charge >= 0.3 is 11.9 Å². The van der Waals surface area contributed by atoms with Crippen molar-refractivity contribution in [3.63, 3.8) is 0 Å². The van der Waals surface area contributed by atoms with Crippen molar-refractivity contribution in [1.29, 1.82) is 0 Å². The number of esters is 2. The molecule has 0 bridgehead atoms. The van der Waals surface area contributed by atoms with E-state index in [0.717, 1.165) is 10.5 Å². The zero-order chi connectivity index (χ0) is 15.0. The molecule has 0 aliphatic carbocycles. The predicted octanol–water partition coefficient (Wildman–Crippen LogP) is 3.08. The van der Waals surface area contributed by atoms with Gasteiger partial charge in [-0.2, -0.15) is 0 Å². The summed E-state index contributed by atoms with van der Waals surface area (Å²) < 4.78 is 9.94. The van der Waals surface area contributed by atoms with Crippen molar-refractivity contribution >= 4 is 23.7 Å². The van der Waals surface area contributed by atoms with Crippen molar-refractivity contribution in [1.82, 2.24) is 0 Å². The number of carbonyl (C=O) groups excluding carboxylic acids is 2. The molecule has 0 heterocycles. The fraction of sp³-hybridized carbons (Fsp3) is 0.467. The third-order valence-electron chi connectivity index (χ3n) is 2.68. The van der Waals surface area contributed by atoms with Crippen LogP contribution in [0.1, 0.15) is 36.2 Å². The van der Waals surface area contributed by atoms with Crippen LogP contribution in [0.2, 0.25) is 0 Å². The molecule has 110 valence electrons. The van der Waals surface area contributed by atoms with Crippen LogP contribution in [0.15, 0.2) is 23.1 Å². The highest BCUT2D eigenvalue weighted by molar-refractivity contribution is 7.98. The molecule has 0 amide bonds. The van der Waals surface area contributed by atoms with Crippen LogP contribution in [0, 0.1) is 0 Å². The standard InChI is InChI=1S/C15H20O4S/c1-4-18-14(16)9-7-11-6-8-13(20-3)12(10-11)15(17)19-5-2/h6,8,10H,4-5,7,9H2,1-3H3. The number of aryl methyl sites for hydroxylation is 1. The lowest BCUT2D eigenvalue weighted by atomic mass is 10.1. The van der Waals surface area contributed by atoms with Crippen LogP contribution in [0.3, 0.4) is 0 Å². The van der Waals surface area contributed by atoms with E-state index in [1.54, 1.807) is 19.9 Å². The van der Waals surface area contributed by atoms with Crippen molar-refractivity contribution in [3.05, 3.63) is 29.3 Å². The van der Waals surface area contributed by atoms with Crippen LogP contribution in [-0.2, 0) is 20.7 Å². The molecule has 0 saturated carbocycles. The molecule has 0 aromatic heterocycles. The van der Waals surface area contributed by atoms with Crippen molar-refractivity contribution in [2.24, 2.45) is 0 Å². The first-order valence-corrected chi connectivity index (χ1v) is 7.84. The highest BCUT2D eigenvalue weighted by Gasteiger charge is 2.13. The van der Waals surface area contributed by atoms with Gasteiger partial charge in [-0.15, -0.1) is 11.8 Å². The van der Waals surface area contributed by atoms with Crippen LogP contribution in [0.4, 0.5) is 0 Å². The molecule has 1 rings (SSSR count). The van der Waals surface area contributed by atoms with Gasteiger partial charge in [-0.3, -0.25) is 4.79 Å². The van der Waals surface area contributed by atoms with Crippen LogP contribution in [0.5, 0.6) is 0 Å². The van der Waals surface area contributed by atoms with E-state index >= 15 is 0 Å². The first-order valence-electron chi connectivity index (χ1n) is 6.62. The van der Waals surface area contributed by atoms with E-state index in [4.69, 9.17) is 9.47 Å². The molecule has 0 N–H and O–H groups in total. The third-order valence-corrected chi connectivity index (χ3v) is 3.48. The maximum Gasteiger partial charge on any atom is 0.339 e. The molecule has 0 unspecified atom stereocenters. The van der Waals surface area contributed by atoms with E-state index in [9.17, 15) is 9.59 Å². The number of carbonyl (C=O) groups is 2. The fourth-order valence-corrected chi connectivity index (χ4v) is 2.32. The van der Waals surface area contributed by atoms with Gasteiger partial charge in [-0.25, -0.2) is 4.79 Å². The lowest BCUT2D eigenvalue weighted by Gasteiger charge is -2.09. The summed E-state index contributed by atoms with van der Waals surface area (Å²) in [5, 5.41) is 0. The highest BCUT2D eigenvalue weighted by atomic mass is 32.2. The Kier molecular flexibility index (Phi) is 7.15. The van der Waals surface area contributed by atoms with E-state index in [0.29, 0.717) is 31.6 Å². The van der Waals surface area contributed by atoms with Crippen LogP contribution < -0.4 is 0 Å². The minimum atomic E-state index is -0.324. The van der Waals surface area contributed by atoms with Crippen molar-refractivity contribution in [2.45, 2.75) is 31.6 Å². The summed E-state index contributed by atoms with van der Waals surface area (Å²) in [6, 6.07) is 5.61. The van der Waals surface area contributed by atoms with Gasteiger partial charge in [0.05, 0.1) is 18.8 Å². The fourth-order valence-electron chi connectivity index (χ4n) is 1.76. The van der Waals surface area contributed by atoms with Crippen molar-refractivity contribution < 1.29 is 19.1 Å². The van der Waals surface area contributed by atoms with Crippen LogP contribution in [0.25, 0.3) is 0 Å². The van der Waals surface area contributed by atoms with Gasteiger partial charge in [0.1, 0.15) is 0 Å². The molecule has 0 atom stereocenters. The van der Waals surface area contributed by atoms with Gasteiger partial charge in [0.15, 0.2) is 0 Å². The van der Waals surface area contributed by atoms with Gasteiger partial charge in [0.25, 0.3) is 0 Å². The predicted molar refractivity (Wildman–Crippen MR) is 79.1 cm³/mol. The zero-order valence-corrected chi connectivity index (χ0v) is 12.9. The number of hydrogen-bond donors (Lipinski definition) is 0. The molecule has 1 aromatic rings. The average molecular weight is 296 g/mol. The maximum atomic E-state index is 11.9. The summed E-state index contributed by atoms with van der Waals surface area (Å²) in [6.45, 7) is 4.29. The van der Waals surface area contributed by atoms with Gasteiger partial charge in [0.2, 0.25) is 0 Å². The molecule has 0 fully saturated rings. The quantitative estimate of drug-likeness (QED) is 0.571. The molecule has 1 aromatic carbocycles. The summed E-state index contributed by atoms with van der Waals surface area (Å²) in [6.07, 6.45) is 2.78. The summed E-state index contributed by atoms with van der Waals surface area (Å²) in [5.74, 6) is -0.547. The van der Waals surface area contributed by atoms with Crippen LogP contribution in [-0.4, -0.2) is 31.4 Å². The van der Waals surface area contributed by atoms with Crippen molar-refractivity contribution in [3.8, 4) is 0 Å². The monoisotopic (exact) mass is 296 g/mol. The Hall–Kier alpha value is -1.49. The summed E-state index contributed by atoms with van der Waals surface area (Å²) in [4.78, 5) is 24.1. The Morgan fingerprint density at radius 2 is 1.85 bits per heavy atom. The van der Waals surface area contributed by atoms with E-state index in [-0.39, 0.29) is 11.9 Å². The summed E-state index contributed by atoms with van der Waals surface area (Å²) in [7, 11) is 0. The number of hydrogen-bond acceptors (Lipinski definition) is 5. The van der Waals surface area contributed by atoms with Gasteiger partial charge in [0, 0.05) is 11.3 Å². The Bertz CT molecular complexity index is 471. The second kappa shape index (κ2) is 8.64. The molecule has 0 spiro atoms. The average Bonchev–Trinajstić information content (AvgIpc) is 2.45. The molecule has 0 aliphatic rings. The molecule has 5 heteroatoms. The summed E-state index contributed by atoms with van der Waals surface area (Å²) in [5.41, 5.74) is 1.49. The maximum absolute atomic E-state index is 11.9.